The second-order valence-electron chi connectivity index (χ2n) is 4.52. The second kappa shape index (κ2) is 7.40. The van der Waals surface area contributed by atoms with Crippen LogP contribution in [0.4, 0.5) is 0 Å². The van der Waals surface area contributed by atoms with Gasteiger partial charge in [-0.1, -0.05) is 0 Å². The monoisotopic (exact) mass is 281 g/mol. The molecule has 1 saturated heterocycles. The third-order valence-corrected chi connectivity index (χ3v) is 4.18. The van der Waals surface area contributed by atoms with Crippen LogP contribution in [0.2, 0.25) is 0 Å². The van der Waals surface area contributed by atoms with Crippen molar-refractivity contribution in [3.05, 3.63) is 29.8 Å². The number of rotatable bonds is 6. The van der Waals surface area contributed by atoms with E-state index in [1.54, 1.807) is 24.3 Å². The molecule has 2 N–H and O–H groups in total. The van der Waals surface area contributed by atoms with Gasteiger partial charge in [0.25, 0.3) is 0 Å². The maximum absolute atomic E-state index is 10.7. The van der Waals surface area contributed by atoms with E-state index in [0.717, 1.165) is 6.54 Å². The largest absolute Gasteiger partial charge is 0.492 e. The summed E-state index contributed by atoms with van der Waals surface area (Å²) in [4.78, 5) is 10.7. The van der Waals surface area contributed by atoms with Crippen LogP contribution in [0.5, 0.6) is 5.75 Å². The maximum atomic E-state index is 10.7. The van der Waals surface area contributed by atoms with Gasteiger partial charge in [-0.15, -0.1) is 0 Å². The van der Waals surface area contributed by atoms with Crippen molar-refractivity contribution in [1.82, 2.24) is 5.32 Å². The molecule has 1 aliphatic heterocycles. The summed E-state index contributed by atoms with van der Waals surface area (Å²) in [5.41, 5.74) is 0.283. The van der Waals surface area contributed by atoms with Gasteiger partial charge in [-0.25, -0.2) is 4.79 Å². The zero-order valence-corrected chi connectivity index (χ0v) is 11.6. The SMILES string of the molecule is O=C(O)c1ccc(OCCNC2CCSCC2)cc1. The Kier molecular flexibility index (Phi) is 5.54. The Morgan fingerprint density at radius 1 is 1.32 bits per heavy atom. The normalized spacial score (nSPS) is 16.2. The molecule has 1 aromatic rings. The number of benzene rings is 1. The summed E-state index contributed by atoms with van der Waals surface area (Å²) < 4.78 is 5.57. The van der Waals surface area contributed by atoms with Crippen molar-refractivity contribution in [2.24, 2.45) is 0 Å². The molecule has 1 fully saturated rings. The lowest BCUT2D eigenvalue weighted by Crippen LogP contribution is -2.35. The van der Waals surface area contributed by atoms with Crippen LogP contribution < -0.4 is 10.1 Å². The van der Waals surface area contributed by atoms with Gasteiger partial charge in [-0.2, -0.15) is 11.8 Å². The topological polar surface area (TPSA) is 58.6 Å². The minimum Gasteiger partial charge on any atom is -0.492 e. The van der Waals surface area contributed by atoms with Gasteiger partial charge in [0, 0.05) is 12.6 Å². The number of nitrogens with one attached hydrogen (secondary N) is 1. The van der Waals surface area contributed by atoms with E-state index in [-0.39, 0.29) is 5.56 Å². The molecule has 19 heavy (non-hydrogen) atoms. The van der Waals surface area contributed by atoms with E-state index in [9.17, 15) is 4.79 Å². The summed E-state index contributed by atoms with van der Waals surface area (Å²) in [6.07, 6.45) is 2.47. The molecule has 0 aliphatic carbocycles. The summed E-state index contributed by atoms with van der Waals surface area (Å²) in [5.74, 6) is 2.29. The van der Waals surface area contributed by atoms with Crippen molar-refractivity contribution >= 4 is 17.7 Å². The van der Waals surface area contributed by atoms with Crippen LogP contribution >= 0.6 is 11.8 Å². The van der Waals surface area contributed by atoms with Crippen LogP contribution in [0.3, 0.4) is 0 Å². The van der Waals surface area contributed by atoms with Crippen LogP contribution in [0.1, 0.15) is 23.2 Å². The number of carboxylic acids is 1. The first-order valence-corrected chi connectivity index (χ1v) is 7.68. The minimum atomic E-state index is -0.914. The molecule has 1 heterocycles. The van der Waals surface area contributed by atoms with Crippen LogP contribution in [0, 0.1) is 0 Å². The summed E-state index contributed by atoms with van der Waals surface area (Å²) >= 11 is 2.02. The summed E-state index contributed by atoms with van der Waals surface area (Å²) in [5, 5.41) is 12.3. The number of hydrogen-bond acceptors (Lipinski definition) is 4. The number of ether oxygens (including phenoxy) is 1. The molecule has 1 aliphatic rings. The van der Waals surface area contributed by atoms with Gasteiger partial charge in [0.1, 0.15) is 12.4 Å². The molecule has 0 radical (unpaired) electrons. The molecule has 0 saturated carbocycles. The molecule has 0 bridgehead atoms. The average Bonchev–Trinajstić information content (AvgIpc) is 2.45. The fraction of sp³-hybridized carbons (Fsp3) is 0.500. The summed E-state index contributed by atoms with van der Waals surface area (Å²) in [6, 6.07) is 7.13. The zero-order chi connectivity index (χ0) is 13.5. The lowest BCUT2D eigenvalue weighted by atomic mass is 10.1. The average molecular weight is 281 g/mol. The minimum absolute atomic E-state index is 0.283. The molecule has 2 rings (SSSR count). The Balaban J connectivity index is 1.66. The first-order valence-electron chi connectivity index (χ1n) is 6.53. The van der Waals surface area contributed by atoms with Crippen molar-refractivity contribution in [3.8, 4) is 5.75 Å². The van der Waals surface area contributed by atoms with Crippen molar-refractivity contribution in [1.29, 1.82) is 0 Å². The summed E-state index contributed by atoms with van der Waals surface area (Å²) in [6.45, 7) is 1.44. The number of aromatic carboxylic acids is 1. The van der Waals surface area contributed by atoms with Crippen molar-refractivity contribution in [2.75, 3.05) is 24.7 Å². The zero-order valence-electron chi connectivity index (χ0n) is 10.8. The molecule has 5 heteroatoms. The Morgan fingerprint density at radius 2 is 2.00 bits per heavy atom. The number of thioether (sulfide) groups is 1. The van der Waals surface area contributed by atoms with Crippen LogP contribution in [-0.4, -0.2) is 41.8 Å². The van der Waals surface area contributed by atoms with Crippen LogP contribution in [0.15, 0.2) is 24.3 Å². The van der Waals surface area contributed by atoms with Gasteiger partial charge in [-0.05, 0) is 48.6 Å². The molecule has 0 amide bonds. The van der Waals surface area contributed by atoms with Crippen LogP contribution in [-0.2, 0) is 0 Å². The number of carboxylic acid groups (broad SMARTS) is 1. The third kappa shape index (κ3) is 4.76. The van der Waals surface area contributed by atoms with E-state index < -0.39 is 5.97 Å². The quantitative estimate of drug-likeness (QED) is 0.783. The van der Waals surface area contributed by atoms with Gasteiger partial charge >= 0.3 is 5.97 Å². The maximum Gasteiger partial charge on any atom is 0.335 e. The molecule has 0 spiro atoms. The first kappa shape index (κ1) is 14.2. The Bertz CT molecular complexity index is 402. The number of carbonyl (C=O) groups is 1. The molecule has 104 valence electrons. The third-order valence-electron chi connectivity index (χ3n) is 3.13. The van der Waals surface area contributed by atoms with E-state index in [4.69, 9.17) is 9.84 Å². The molecular formula is C14H19NO3S. The predicted octanol–water partition coefficient (Wildman–Crippen LogP) is 2.25. The Morgan fingerprint density at radius 3 is 2.63 bits per heavy atom. The predicted molar refractivity (Wildman–Crippen MR) is 77.2 cm³/mol. The van der Waals surface area contributed by atoms with E-state index in [1.807, 2.05) is 11.8 Å². The van der Waals surface area contributed by atoms with Gasteiger partial charge in [0.15, 0.2) is 0 Å². The van der Waals surface area contributed by atoms with E-state index in [2.05, 4.69) is 5.32 Å². The van der Waals surface area contributed by atoms with Crippen molar-refractivity contribution < 1.29 is 14.6 Å². The van der Waals surface area contributed by atoms with E-state index in [1.165, 1.54) is 24.3 Å². The van der Waals surface area contributed by atoms with E-state index in [0.29, 0.717) is 18.4 Å². The number of hydrogen-bond donors (Lipinski definition) is 2. The highest BCUT2D eigenvalue weighted by atomic mass is 32.2. The van der Waals surface area contributed by atoms with Gasteiger partial charge in [0.05, 0.1) is 5.56 Å². The van der Waals surface area contributed by atoms with Crippen LogP contribution in [0.25, 0.3) is 0 Å². The first-order chi connectivity index (χ1) is 9.25. The highest BCUT2D eigenvalue weighted by Gasteiger charge is 2.12. The molecular weight excluding hydrogens is 262 g/mol. The van der Waals surface area contributed by atoms with E-state index >= 15 is 0 Å². The van der Waals surface area contributed by atoms with Gasteiger partial charge in [0.2, 0.25) is 0 Å². The molecule has 0 aromatic heterocycles. The second-order valence-corrected chi connectivity index (χ2v) is 5.74. The highest BCUT2D eigenvalue weighted by Crippen LogP contribution is 2.16. The standard InChI is InChI=1S/C14H19NO3S/c16-14(17)11-1-3-13(4-2-11)18-8-7-15-12-5-9-19-10-6-12/h1-4,12,15H,5-10H2,(H,16,17). The molecule has 1 aromatic carbocycles. The smallest absolute Gasteiger partial charge is 0.335 e. The molecule has 4 nitrogen and oxygen atoms in total. The van der Waals surface area contributed by atoms with Crippen molar-refractivity contribution in [3.63, 3.8) is 0 Å². The lowest BCUT2D eigenvalue weighted by molar-refractivity contribution is 0.0697. The fourth-order valence-corrected chi connectivity index (χ4v) is 3.13. The highest BCUT2D eigenvalue weighted by molar-refractivity contribution is 7.99. The van der Waals surface area contributed by atoms with Gasteiger partial charge < -0.3 is 15.2 Å². The molecule has 0 unspecified atom stereocenters. The Labute approximate surface area is 117 Å². The lowest BCUT2D eigenvalue weighted by Gasteiger charge is -2.22. The molecule has 0 atom stereocenters. The Hall–Kier alpha value is -1.20. The summed E-state index contributed by atoms with van der Waals surface area (Å²) in [7, 11) is 0. The van der Waals surface area contributed by atoms with Gasteiger partial charge in [-0.3, -0.25) is 0 Å². The van der Waals surface area contributed by atoms with Crippen molar-refractivity contribution in [2.45, 2.75) is 18.9 Å². The fourth-order valence-electron chi connectivity index (χ4n) is 2.03.